The summed E-state index contributed by atoms with van der Waals surface area (Å²) in [6.45, 7) is 0. The molecule has 3 nitrogen and oxygen atoms in total. The van der Waals surface area contributed by atoms with Gasteiger partial charge in [-0.05, 0) is 0 Å². The van der Waals surface area contributed by atoms with Crippen LogP contribution in [0.1, 0.15) is 0 Å². The summed E-state index contributed by atoms with van der Waals surface area (Å²) in [5.74, 6) is 0. The molecule has 0 spiro atoms. The van der Waals surface area contributed by atoms with Gasteiger partial charge in [0.15, 0.2) is 0 Å². The van der Waals surface area contributed by atoms with E-state index in [4.69, 9.17) is 0 Å². The standard InChI is InChI=1S/Al.Ce.3H2O/h;;3*1H2/q;+3;;;/p-3. The minimum absolute atomic E-state index is 0. The zero-order valence-electron chi connectivity index (χ0n) is 2.42. The van der Waals surface area contributed by atoms with Gasteiger partial charge in [-0.2, -0.15) is 0 Å². The molecule has 0 fully saturated rings. The predicted octanol–water partition coefficient (Wildman–Crippen LogP) is -0.911. The molecule has 0 aliphatic heterocycles. The van der Waals surface area contributed by atoms with Crippen molar-refractivity contribution >= 4 is 17.4 Å². The maximum atomic E-state index is 0. The van der Waals surface area contributed by atoms with Crippen molar-refractivity contribution in [2.24, 2.45) is 0 Å². The van der Waals surface area contributed by atoms with Crippen molar-refractivity contribution in [3.05, 3.63) is 0 Å². The Hall–Kier alpha value is 1.79. The van der Waals surface area contributed by atoms with Crippen molar-refractivity contribution in [1.29, 1.82) is 0 Å². The van der Waals surface area contributed by atoms with E-state index in [0.29, 0.717) is 0 Å². The van der Waals surface area contributed by atoms with Crippen LogP contribution in [-0.2, 0) is 0 Å². The van der Waals surface area contributed by atoms with E-state index in [-0.39, 0.29) is 75.5 Å². The monoisotopic (exact) mass is 218 g/mol. The molecule has 5 heavy (non-hydrogen) atoms. The van der Waals surface area contributed by atoms with Crippen LogP contribution in [0.4, 0.5) is 0 Å². The summed E-state index contributed by atoms with van der Waals surface area (Å²) in [5, 5.41) is 0. The second kappa shape index (κ2) is 41.5. The van der Waals surface area contributed by atoms with E-state index < -0.39 is 0 Å². The summed E-state index contributed by atoms with van der Waals surface area (Å²) >= 11 is 0. The normalized spacial score (nSPS) is 0. The van der Waals surface area contributed by atoms with Gasteiger partial charge < -0.3 is 16.4 Å². The van der Waals surface area contributed by atoms with Crippen LogP contribution < -0.4 is 0 Å². The largest absolute Gasteiger partial charge is 3.00 e. The van der Waals surface area contributed by atoms with Crippen LogP contribution in [0.3, 0.4) is 0 Å². The van der Waals surface area contributed by atoms with Crippen molar-refractivity contribution in [3.63, 3.8) is 0 Å². The second-order valence-electron chi connectivity index (χ2n) is 0. The topological polar surface area (TPSA) is 90.0 Å². The van der Waals surface area contributed by atoms with E-state index in [1.54, 1.807) is 0 Å². The molecule has 0 aromatic heterocycles. The molecule has 0 aliphatic rings. The zero-order chi connectivity index (χ0) is 0. The molecule has 4 radical (unpaired) electrons. The molecule has 0 atom stereocenters. The Balaban J connectivity index is 0. The predicted molar refractivity (Wildman–Crippen MR) is 11.6 cm³/mol. The minimum atomic E-state index is 0. The number of rotatable bonds is 0. The Bertz CT molecular complexity index is 6.85. The molecule has 0 aromatic rings. The Morgan fingerprint density at radius 1 is 0.600 bits per heavy atom. The number of hydrogen-bond acceptors (Lipinski definition) is 3. The summed E-state index contributed by atoms with van der Waals surface area (Å²) in [4.78, 5) is 0. The first-order valence-electron chi connectivity index (χ1n) is 0. The Labute approximate surface area is 74.6 Å². The third-order valence-electron chi connectivity index (χ3n) is 0. The van der Waals surface area contributed by atoms with Crippen LogP contribution in [0, 0.1) is 41.7 Å². The zero-order valence-corrected chi connectivity index (χ0v) is 6.71. The SMILES string of the molecule is [Al].[Ce+3].[OH-].[OH-].[OH-]. The van der Waals surface area contributed by atoms with Gasteiger partial charge in [0, 0.05) is 17.4 Å². The Morgan fingerprint density at radius 3 is 0.600 bits per heavy atom. The molecule has 28 valence electrons. The summed E-state index contributed by atoms with van der Waals surface area (Å²) in [7, 11) is 0. The van der Waals surface area contributed by atoms with Crippen molar-refractivity contribution in [2.45, 2.75) is 0 Å². The van der Waals surface area contributed by atoms with E-state index in [9.17, 15) is 0 Å². The van der Waals surface area contributed by atoms with Gasteiger partial charge >= 0.3 is 41.7 Å². The van der Waals surface area contributed by atoms with E-state index in [0.717, 1.165) is 0 Å². The summed E-state index contributed by atoms with van der Waals surface area (Å²) in [5.41, 5.74) is 0. The third-order valence-corrected chi connectivity index (χ3v) is 0. The maximum Gasteiger partial charge on any atom is 3.00 e. The molecule has 0 heterocycles. The molecule has 0 bridgehead atoms. The fourth-order valence-corrected chi connectivity index (χ4v) is 0. The maximum absolute atomic E-state index is 0. The molecule has 0 unspecified atom stereocenters. The van der Waals surface area contributed by atoms with Crippen molar-refractivity contribution in [3.8, 4) is 0 Å². The first-order valence-corrected chi connectivity index (χ1v) is 0. The van der Waals surface area contributed by atoms with Gasteiger partial charge in [-0.3, -0.25) is 0 Å². The second-order valence-corrected chi connectivity index (χ2v) is 0. The molecule has 0 aliphatic carbocycles. The molecular formula is H3AlCeO3. The number of hydrogen-bond donors (Lipinski definition) is 0. The molecule has 0 rings (SSSR count). The molecule has 0 saturated heterocycles. The van der Waals surface area contributed by atoms with Gasteiger partial charge in [0.2, 0.25) is 0 Å². The molecule has 0 saturated carbocycles. The van der Waals surface area contributed by atoms with Gasteiger partial charge in [-0.15, -0.1) is 0 Å². The molecule has 0 amide bonds. The van der Waals surface area contributed by atoms with Crippen molar-refractivity contribution < 1.29 is 58.2 Å². The van der Waals surface area contributed by atoms with E-state index in [2.05, 4.69) is 0 Å². The summed E-state index contributed by atoms with van der Waals surface area (Å²) < 4.78 is 0. The van der Waals surface area contributed by atoms with Gasteiger partial charge in [0.1, 0.15) is 0 Å². The molecule has 0 aromatic carbocycles. The van der Waals surface area contributed by atoms with Crippen LogP contribution in [0.2, 0.25) is 0 Å². The van der Waals surface area contributed by atoms with Gasteiger partial charge in [0.05, 0.1) is 0 Å². The van der Waals surface area contributed by atoms with Gasteiger partial charge in [-0.1, -0.05) is 0 Å². The van der Waals surface area contributed by atoms with Crippen LogP contribution in [-0.4, -0.2) is 33.8 Å². The average Bonchev–Trinajstić information content (AvgIpc) is 0. The average molecular weight is 218 g/mol. The van der Waals surface area contributed by atoms with E-state index >= 15 is 0 Å². The summed E-state index contributed by atoms with van der Waals surface area (Å²) in [6.07, 6.45) is 0. The Kier molecular flexibility index (Phi) is 590. The van der Waals surface area contributed by atoms with Crippen LogP contribution in [0.5, 0.6) is 0 Å². The van der Waals surface area contributed by atoms with E-state index in [1.807, 2.05) is 0 Å². The smallest absolute Gasteiger partial charge is 0.870 e. The molecule has 5 heteroatoms. The van der Waals surface area contributed by atoms with Crippen molar-refractivity contribution in [2.75, 3.05) is 0 Å². The van der Waals surface area contributed by atoms with Crippen LogP contribution in [0.15, 0.2) is 0 Å². The van der Waals surface area contributed by atoms with E-state index in [1.165, 1.54) is 0 Å². The quantitative estimate of drug-likeness (QED) is 0.493. The molecular weight excluding hydrogens is 215 g/mol. The van der Waals surface area contributed by atoms with Crippen LogP contribution >= 0.6 is 0 Å². The fraction of sp³-hybridized carbons (Fsp3) is 0. The van der Waals surface area contributed by atoms with Gasteiger partial charge in [-0.25, -0.2) is 0 Å². The minimum Gasteiger partial charge on any atom is -0.870 e. The van der Waals surface area contributed by atoms with Crippen LogP contribution in [0.25, 0.3) is 0 Å². The first-order chi connectivity index (χ1) is 0. The first kappa shape index (κ1) is 71.1. The van der Waals surface area contributed by atoms with Gasteiger partial charge in [0.25, 0.3) is 0 Å². The third kappa shape index (κ3) is 26.0. The Morgan fingerprint density at radius 2 is 0.600 bits per heavy atom. The molecule has 3 N–H and O–H groups in total. The van der Waals surface area contributed by atoms with Crippen molar-refractivity contribution in [1.82, 2.24) is 0 Å². The fourth-order valence-electron chi connectivity index (χ4n) is 0. The summed E-state index contributed by atoms with van der Waals surface area (Å²) in [6, 6.07) is 0.